The van der Waals surface area contributed by atoms with Crippen LogP contribution in [0.2, 0.25) is 5.02 Å². The third kappa shape index (κ3) is 2.94. The molecule has 4 nitrogen and oxygen atoms in total. The first kappa shape index (κ1) is 14.4. The lowest BCUT2D eigenvalue weighted by Gasteiger charge is -2.04. The van der Waals surface area contributed by atoms with Crippen molar-refractivity contribution in [2.75, 3.05) is 0 Å². The number of hydrogen-bond donors (Lipinski definition) is 0. The Labute approximate surface area is 124 Å². The third-order valence-corrected chi connectivity index (χ3v) is 3.35. The van der Waals surface area contributed by atoms with E-state index in [2.05, 4.69) is 14.8 Å². The second kappa shape index (κ2) is 5.53. The van der Waals surface area contributed by atoms with Gasteiger partial charge < -0.3 is 4.74 Å². The van der Waals surface area contributed by atoms with E-state index in [9.17, 15) is 13.2 Å². The van der Waals surface area contributed by atoms with E-state index < -0.39 is 12.4 Å². The van der Waals surface area contributed by atoms with Gasteiger partial charge in [-0.1, -0.05) is 11.6 Å². The van der Waals surface area contributed by atoms with Gasteiger partial charge in [0.05, 0.1) is 5.02 Å². The molecule has 0 aliphatic rings. The van der Waals surface area contributed by atoms with Gasteiger partial charge in [0.25, 0.3) is 0 Å². The van der Waals surface area contributed by atoms with Crippen molar-refractivity contribution in [1.82, 2.24) is 14.8 Å². The zero-order chi connectivity index (χ0) is 14.2. The quantitative estimate of drug-likeness (QED) is 0.737. The number of aromatic nitrogens is 3. The molecule has 0 aliphatic heterocycles. The number of halogens is 5. The molecule has 0 amide bonds. The van der Waals surface area contributed by atoms with Crippen LogP contribution in [-0.4, -0.2) is 21.4 Å². The van der Waals surface area contributed by atoms with Crippen LogP contribution in [0.15, 0.2) is 12.3 Å². The van der Waals surface area contributed by atoms with Gasteiger partial charge in [0.2, 0.25) is 5.88 Å². The Hall–Kier alpha value is -1.03. The molecule has 19 heavy (non-hydrogen) atoms. The van der Waals surface area contributed by atoms with Gasteiger partial charge in [-0.3, -0.25) is 0 Å². The Morgan fingerprint density at radius 3 is 2.68 bits per heavy atom. The normalized spacial score (nSPS) is 11.1. The number of pyridine rings is 1. The number of rotatable bonds is 3. The molecule has 0 radical (unpaired) electrons. The van der Waals surface area contributed by atoms with Crippen LogP contribution in [0.3, 0.4) is 0 Å². The fourth-order valence-electron chi connectivity index (χ4n) is 1.44. The molecular weight excluding hydrogens is 397 g/mol. The van der Waals surface area contributed by atoms with E-state index in [0.29, 0.717) is 0 Å². The van der Waals surface area contributed by atoms with Gasteiger partial charge in [-0.2, -0.15) is 13.9 Å². The highest BCUT2D eigenvalue weighted by molar-refractivity contribution is 14.1. The van der Waals surface area contributed by atoms with Crippen molar-refractivity contribution in [3.05, 3.63) is 26.7 Å². The maximum absolute atomic E-state index is 13.7. The Bertz CT molecular complexity index is 620. The summed E-state index contributed by atoms with van der Waals surface area (Å²) in [6.45, 7) is -2.99. The van der Waals surface area contributed by atoms with Gasteiger partial charge in [0, 0.05) is 13.2 Å². The lowest BCUT2D eigenvalue weighted by Crippen LogP contribution is -2.06. The zero-order valence-corrected chi connectivity index (χ0v) is 12.3. The Kier molecular flexibility index (Phi) is 4.19. The second-order valence-corrected chi connectivity index (χ2v) is 4.97. The highest BCUT2D eigenvalue weighted by Gasteiger charge is 2.22. The van der Waals surface area contributed by atoms with Gasteiger partial charge in [0.15, 0.2) is 5.82 Å². The van der Waals surface area contributed by atoms with Crippen LogP contribution in [-0.2, 0) is 7.05 Å². The average molecular weight is 404 g/mol. The molecule has 0 N–H and O–H groups in total. The van der Waals surface area contributed by atoms with Crippen LogP contribution in [0.1, 0.15) is 0 Å². The summed E-state index contributed by atoms with van der Waals surface area (Å²) in [5.74, 6) is -0.839. The molecule has 0 aromatic carbocycles. The standard InChI is InChI=1S/C10H6ClF3IN3O/c1-18-9(19-10(13)14)6(15)8(17-18)7-5(12)2-4(11)3-16-7/h2-3,10H,1H3. The van der Waals surface area contributed by atoms with Gasteiger partial charge >= 0.3 is 6.61 Å². The summed E-state index contributed by atoms with van der Waals surface area (Å²) >= 11 is 7.34. The lowest BCUT2D eigenvalue weighted by molar-refractivity contribution is -0.0558. The topological polar surface area (TPSA) is 39.9 Å². The monoisotopic (exact) mass is 403 g/mol. The molecule has 0 bridgehead atoms. The summed E-state index contributed by atoms with van der Waals surface area (Å²) in [6, 6.07) is 1.07. The fourth-order valence-corrected chi connectivity index (χ4v) is 2.42. The van der Waals surface area contributed by atoms with Crippen molar-refractivity contribution >= 4 is 34.2 Å². The summed E-state index contributed by atoms with van der Waals surface area (Å²) < 4.78 is 43.9. The van der Waals surface area contributed by atoms with Crippen molar-refractivity contribution < 1.29 is 17.9 Å². The van der Waals surface area contributed by atoms with Crippen molar-refractivity contribution in [1.29, 1.82) is 0 Å². The minimum absolute atomic E-state index is 0.0754. The molecule has 2 aromatic heterocycles. The summed E-state index contributed by atoms with van der Waals surface area (Å²) in [7, 11) is 1.41. The summed E-state index contributed by atoms with van der Waals surface area (Å²) in [4.78, 5) is 3.81. The number of nitrogens with zero attached hydrogens (tertiary/aromatic N) is 3. The van der Waals surface area contributed by atoms with Gasteiger partial charge in [-0.05, 0) is 28.7 Å². The number of alkyl halides is 2. The van der Waals surface area contributed by atoms with E-state index in [4.69, 9.17) is 11.6 Å². The van der Waals surface area contributed by atoms with Crippen molar-refractivity contribution in [3.8, 4) is 17.3 Å². The molecular formula is C10H6ClF3IN3O. The molecule has 0 unspecified atom stereocenters. The molecule has 0 saturated carbocycles. The van der Waals surface area contributed by atoms with E-state index in [0.717, 1.165) is 10.7 Å². The Morgan fingerprint density at radius 1 is 1.42 bits per heavy atom. The molecule has 102 valence electrons. The molecule has 9 heteroatoms. The van der Waals surface area contributed by atoms with Crippen molar-refractivity contribution in [3.63, 3.8) is 0 Å². The first-order valence-corrected chi connectivity index (χ1v) is 6.34. The van der Waals surface area contributed by atoms with Gasteiger partial charge in [-0.25, -0.2) is 14.1 Å². The largest absolute Gasteiger partial charge is 0.416 e. The van der Waals surface area contributed by atoms with Crippen LogP contribution < -0.4 is 4.74 Å². The van der Waals surface area contributed by atoms with Crippen LogP contribution in [0.25, 0.3) is 11.4 Å². The molecule has 2 rings (SSSR count). The lowest BCUT2D eigenvalue weighted by atomic mass is 10.2. The van der Waals surface area contributed by atoms with Crippen LogP contribution in [0, 0.1) is 9.39 Å². The average Bonchev–Trinajstić information content (AvgIpc) is 2.57. The number of aryl methyl sites for hydroxylation is 1. The van der Waals surface area contributed by atoms with Crippen molar-refractivity contribution in [2.24, 2.45) is 7.05 Å². The van der Waals surface area contributed by atoms with E-state index >= 15 is 0 Å². The molecule has 0 saturated heterocycles. The maximum atomic E-state index is 13.7. The fraction of sp³-hybridized carbons (Fsp3) is 0.200. The second-order valence-electron chi connectivity index (χ2n) is 3.45. The van der Waals surface area contributed by atoms with E-state index in [1.54, 1.807) is 22.6 Å². The van der Waals surface area contributed by atoms with E-state index in [-0.39, 0.29) is 25.9 Å². The minimum Gasteiger partial charge on any atom is -0.416 e. The molecule has 0 spiro atoms. The van der Waals surface area contributed by atoms with Gasteiger partial charge in [-0.15, -0.1) is 0 Å². The highest BCUT2D eigenvalue weighted by atomic mass is 127. The van der Waals surface area contributed by atoms with Crippen LogP contribution in [0.5, 0.6) is 5.88 Å². The Balaban J connectivity index is 2.51. The minimum atomic E-state index is -2.99. The first-order chi connectivity index (χ1) is 8.90. The predicted molar refractivity (Wildman–Crippen MR) is 70.8 cm³/mol. The smallest absolute Gasteiger partial charge is 0.388 e. The summed E-state index contributed by atoms with van der Waals surface area (Å²) in [5, 5.41) is 4.06. The van der Waals surface area contributed by atoms with Crippen LogP contribution >= 0.6 is 34.2 Å². The third-order valence-electron chi connectivity index (χ3n) is 2.17. The molecule has 2 aromatic rings. The predicted octanol–water partition coefficient (Wildman–Crippen LogP) is 3.48. The number of hydrogen-bond acceptors (Lipinski definition) is 3. The van der Waals surface area contributed by atoms with Gasteiger partial charge in [0.1, 0.15) is 15.0 Å². The number of ether oxygens (including phenoxy) is 1. The highest BCUT2D eigenvalue weighted by Crippen LogP contribution is 2.32. The van der Waals surface area contributed by atoms with Crippen molar-refractivity contribution in [2.45, 2.75) is 6.61 Å². The summed E-state index contributed by atoms with van der Waals surface area (Å²) in [5.41, 5.74) is 0.0430. The van der Waals surface area contributed by atoms with Crippen LogP contribution in [0.4, 0.5) is 13.2 Å². The molecule has 0 fully saturated rings. The van der Waals surface area contributed by atoms with E-state index in [1.165, 1.54) is 13.2 Å². The Morgan fingerprint density at radius 2 is 2.11 bits per heavy atom. The molecule has 2 heterocycles. The maximum Gasteiger partial charge on any atom is 0.388 e. The zero-order valence-electron chi connectivity index (χ0n) is 9.37. The molecule has 0 aliphatic carbocycles. The van der Waals surface area contributed by atoms with E-state index in [1.807, 2.05) is 0 Å². The summed E-state index contributed by atoms with van der Waals surface area (Å²) in [6.07, 6.45) is 1.25. The first-order valence-electron chi connectivity index (χ1n) is 4.89. The SMILES string of the molecule is Cn1nc(-c2ncc(Cl)cc2F)c(I)c1OC(F)F. The molecule has 0 atom stereocenters.